The molecule has 0 aliphatic carbocycles. The van der Waals surface area contributed by atoms with Gasteiger partial charge in [0.2, 0.25) is 0 Å². The lowest BCUT2D eigenvalue weighted by atomic mass is 9.96. The van der Waals surface area contributed by atoms with Crippen LogP contribution in [0, 0.1) is 12.7 Å². The first-order valence-corrected chi connectivity index (χ1v) is 8.93. The zero-order valence-corrected chi connectivity index (χ0v) is 15.9. The number of halogens is 2. The van der Waals surface area contributed by atoms with Gasteiger partial charge < -0.3 is 0 Å². The largest absolute Gasteiger partial charge is 0.294 e. The van der Waals surface area contributed by atoms with E-state index in [1.165, 1.54) is 6.20 Å². The molecule has 1 aromatic carbocycles. The van der Waals surface area contributed by atoms with E-state index in [0.717, 1.165) is 28.9 Å². The highest BCUT2D eigenvalue weighted by Gasteiger charge is 2.18. The average Bonchev–Trinajstić information content (AvgIpc) is 2.54. The Morgan fingerprint density at radius 1 is 1.08 bits per heavy atom. The van der Waals surface area contributed by atoms with E-state index in [0.29, 0.717) is 23.5 Å². The molecule has 2 nitrogen and oxygen atoms in total. The van der Waals surface area contributed by atoms with Crippen molar-refractivity contribution >= 4 is 11.6 Å². The Morgan fingerprint density at radius 2 is 1.75 bits per heavy atom. The molecular weight excluding hydrogens is 323 g/mol. The first-order valence-electron chi connectivity index (χ1n) is 8.39. The van der Waals surface area contributed by atoms with Gasteiger partial charge in [-0.3, -0.25) is 9.88 Å². The van der Waals surface area contributed by atoms with Crippen molar-refractivity contribution in [3.05, 3.63) is 53.1 Å². The molecule has 0 bridgehead atoms. The molecular formula is C20H26ClFN2. The predicted molar refractivity (Wildman–Crippen MR) is 99.7 cm³/mol. The van der Waals surface area contributed by atoms with Crippen LogP contribution in [0.15, 0.2) is 30.5 Å². The fraction of sp³-hybridized carbons (Fsp3) is 0.450. The second kappa shape index (κ2) is 8.09. The van der Waals surface area contributed by atoms with Crippen molar-refractivity contribution in [3.63, 3.8) is 0 Å². The molecule has 0 saturated heterocycles. The van der Waals surface area contributed by atoms with Gasteiger partial charge in [0.25, 0.3) is 0 Å². The van der Waals surface area contributed by atoms with Crippen molar-refractivity contribution in [3.8, 4) is 11.1 Å². The molecule has 0 fully saturated rings. The van der Waals surface area contributed by atoms with Gasteiger partial charge in [0.05, 0.1) is 6.20 Å². The van der Waals surface area contributed by atoms with Crippen LogP contribution in [0.5, 0.6) is 0 Å². The predicted octanol–water partition coefficient (Wildman–Crippen LogP) is 5.55. The lowest BCUT2D eigenvalue weighted by Gasteiger charge is -2.31. The Labute approximate surface area is 149 Å². The summed E-state index contributed by atoms with van der Waals surface area (Å²) in [5.74, 6) is 0.162. The van der Waals surface area contributed by atoms with Crippen LogP contribution in [0.25, 0.3) is 11.1 Å². The molecule has 0 amide bonds. The van der Waals surface area contributed by atoms with Gasteiger partial charge in [-0.25, -0.2) is 4.39 Å². The number of rotatable bonds is 6. The van der Waals surface area contributed by atoms with E-state index in [9.17, 15) is 4.39 Å². The number of nitrogens with zero attached hydrogens (tertiary/aromatic N) is 2. The lowest BCUT2D eigenvalue weighted by Crippen LogP contribution is -2.36. The molecule has 2 rings (SSSR count). The van der Waals surface area contributed by atoms with Crippen LogP contribution in [-0.2, 0) is 12.4 Å². The summed E-state index contributed by atoms with van der Waals surface area (Å²) >= 11 is 6.02. The average molecular weight is 349 g/mol. The Hall–Kier alpha value is -1.45. The zero-order chi connectivity index (χ0) is 17.9. The van der Waals surface area contributed by atoms with Crippen molar-refractivity contribution < 1.29 is 4.39 Å². The Kier molecular flexibility index (Phi) is 6.36. The van der Waals surface area contributed by atoms with Crippen LogP contribution in [0.1, 0.15) is 44.5 Å². The van der Waals surface area contributed by atoms with E-state index in [2.05, 4.69) is 43.6 Å². The van der Waals surface area contributed by atoms with E-state index in [1.807, 2.05) is 25.1 Å². The first-order chi connectivity index (χ1) is 11.3. The van der Waals surface area contributed by atoms with Gasteiger partial charge in [0.15, 0.2) is 0 Å². The molecule has 0 aliphatic heterocycles. The molecule has 1 aromatic heterocycles. The molecule has 24 heavy (non-hydrogen) atoms. The van der Waals surface area contributed by atoms with Gasteiger partial charge in [0.1, 0.15) is 5.82 Å². The van der Waals surface area contributed by atoms with Gasteiger partial charge in [-0.2, -0.15) is 0 Å². The fourth-order valence-electron chi connectivity index (χ4n) is 3.03. The second-order valence-electron chi connectivity index (χ2n) is 6.79. The molecule has 0 unspecified atom stereocenters. The van der Waals surface area contributed by atoms with Gasteiger partial charge in [-0.1, -0.05) is 18.2 Å². The van der Waals surface area contributed by atoms with Crippen molar-refractivity contribution in [2.75, 3.05) is 0 Å². The van der Waals surface area contributed by atoms with E-state index in [1.54, 1.807) is 0 Å². The van der Waals surface area contributed by atoms with Crippen LogP contribution < -0.4 is 0 Å². The number of alkyl halides is 1. The third-order valence-corrected chi connectivity index (χ3v) is 4.59. The summed E-state index contributed by atoms with van der Waals surface area (Å²) in [5, 5.41) is 0. The fourth-order valence-corrected chi connectivity index (χ4v) is 3.20. The standard InChI is InChI=1S/C20H26ClFN2/c1-13(2)24(14(3)4)12-17-9-16(10-21)6-7-18(17)19-8-15(5)23-11-20(19)22/h6-9,11,13-14H,10,12H2,1-5H3. The maximum absolute atomic E-state index is 14.4. The SMILES string of the molecule is Cc1cc(-c2ccc(CCl)cc2CN(C(C)C)C(C)C)c(F)cn1. The Balaban J connectivity index is 2.54. The van der Waals surface area contributed by atoms with Crippen LogP contribution in [-0.4, -0.2) is 22.0 Å². The molecule has 0 spiro atoms. The highest BCUT2D eigenvalue weighted by Crippen LogP contribution is 2.30. The maximum Gasteiger partial charge on any atom is 0.149 e. The van der Waals surface area contributed by atoms with Crippen LogP contribution in [0.3, 0.4) is 0 Å². The van der Waals surface area contributed by atoms with E-state index >= 15 is 0 Å². The number of hydrogen-bond acceptors (Lipinski definition) is 2. The monoisotopic (exact) mass is 348 g/mol. The summed E-state index contributed by atoms with van der Waals surface area (Å²) in [7, 11) is 0. The molecule has 4 heteroatoms. The van der Waals surface area contributed by atoms with Crippen molar-refractivity contribution in [1.29, 1.82) is 0 Å². The van der Waals surface area contributed by atoms with Gasteiger partial charge in [0, 0.05) is 35.8 Å². The normalized spacial score (nSPS) is 11.8. The number of benzene rings is 1. The minimum Gasteiger partial charge on any atom is -0.294 e. The summed E-state index contributed by atoms with van der Waals surface area (Å²) < 4.78 is 14.4. The highest BCUT2D eigenvalue weighted by molar-refractivity contribution is 6.17. The van der Waals surface area contributed by atoms with Gasteiger partial charge >= 0.3 is 0 Å². The summed E-state index contributed by atoms with van der Waals surface area (Å²) in [5.41, 5.74) is 4.47. The summed E-state index contributed by atoms with van der Waals surface area (Å²) in [4.78, 5) is 6.43. The minimum atomic E-state index is -0.291. The maximum atomic E-state index is 14.4. The molecule has 0 atom stereocenters. The molecule has 0 aliphatic rings. The highest BCUT2D eigenvalue weighted by atomic mass is 35.5. The molecule has 0 radical (unpaired) electrons. The third-order valence-electron chi connectivity index (χ3n) is 4.29. The van der Waals surface area contributed by atoms with Gasteiger partial charge in [-0.15, -0.1) is 11.6 Å². The van der Waals surface area contributed by atoms with Crippen molar-refractivity contribution in [1.82, 2.24) is 9.88 Å². The van der Waals surface area contributed by atoms with E-state index < -0.39 is 0 Å². The summed E-state index contributed by atoms with van der Waals surface area (Å²) in [6.07, 6.45) is 1.30. The first kappa shape index (κ1) is 18.9. The van der Waals surface area contributed by atoms with Crippen molar-refractivity contribution in [2.45, 2.75) is 59.1 Å². The Bertz CT molecular complexity index is 690. The molecule has 0 N–H and O–H groups in total. The molecule has 0 saturated carbocycles. The number of pyridine rings is 1. The number of hydrogen-bond donors (Lipinski definition) is 0. The van der Waals surface area contributed by atoms with Gasteiger partial charge in [-0.05, 0) is 57.4 Å². The smallest absolute Gasteiger partial charge is 0.149 e. The topological polar surface area (TPSA) is 16.1 Å². The minimum absolute atomic E-state index is 0.291. The van der Waals surface area contributed by atoms with Crippen LogP contribution >= 0.6 is 11.6 Å². The quantitative estimate of drug-likeness (QED) is 0.636. The van der Waals surface area contributed by atoms with Crippen LogP contribution in [0.2, 0.25) is 0 Å². The molecule has 2 aromatic rings. The number of aryl methyl sites for hydroxylation is 1. The van der Waals surface area contributed by atoms with E-state index in [-0.39, 0.29) is 5.82 Å². The molecule has 1 heterocycles. The zero-order valence-electron chi connectivity index (χ0n) is 15.1. The lowest BCUT2D eigenvalue weighted by molar-refractivity contribution is 0.166. The second-order valence-corrected chi connectivity index (χ2v) is 7.06. The number of aromatic nitrogens is 1. The Morgan fingerprint density at radius 3 is 2.33 bits per heavy atom. The summed E-state index contributed by atoms with van der Waals surface area (Å²) in [6, 6.07) is 8.65. The third kappa shape index (κ3) is 4.34. The molecule has 130 valence electrons. The van der Waals surface area contributed by atoms with Crippen molar-refractivity contribution in [2.24, 2.45) is 0 Å². The van der Waals surface area contributed by atoms with E-state index in [4.69, 9.17) is 11.6 Å². The van der Waals surface area contributed by atoms with Crippen LogP contribution in [0.4, 0.5) is 4.39 Å². The summed E-state index contributed by atoms with van der Waals surface area (Å²) in [6.45, 7) is 11.4.